The normalized spacial score (nSPS) is 23.5. The Morgan fingerprint density at radius 2 is 0.868 bits per heavy atom. The maximum absolute atomic E-state index is 14.3. The van der Waals surface area contributed by atoms with Gasteiger partial charge in [-0.15, -0.1) is 0 Å². The van der Waals surface area contributed by atoms with E-state index in [1.54, 1.807) is 0 Å². The van der Waals surface area contributed by atoms with E-state index in [1.165, 1.54) is 0 Å². The van der Waals surface area contributed by atoms with Crippen LogP contribution in [0.25, 0.3) is 0 Å². The quantitative estimate of drug-likeness (QED) is 0.300. The zero-order chi connectivity index (χ0) is 29.4. The van der Waals surface area contributed by atoms with Crippen molar-refractivity contribution < 1.29 is 25.5 Å². The maximum atomic E-state index is 14.3. The number of rotatable bonds is 5. The van der Waals surface area contributed by atoms with E-state index >= 15 is 0 Å². The number of hydrogen-bond acceptors (Lipinski definition) is 3. The number of halogens is 3. The Kier molecular flexibility index (Phi) is 7.91. The van der Waals surface area contributed by atoms with Crippen molar-refractivity contribution in [2.75, 3.05) is 0 Å². The van der Waals surface area contributed by atoms with Crippen molar-refractivity contribution in [2.24, 2.45) is 0 Å². The molecule has 0 spiro atoms. The molecule has 1 aliphatic rings. The molecule has 38 heavy (non-hydrogen) atoms. The van der Waals surface area contributed by atoms with Crippen molar-refractivity contribution >= 4 is 70.5 Å². The van der Waals surface area contributed by atoms with Gasteiger partial charge >= 0.3 is 15.6 Å². The molecule has 0 aromatic heterocycles. The first-order valence-electron chi connectivity index (χ1n) is 13.0. The molecule has 0 atom stereocenters. The van der Waals surface area contributed by atoms with Crippen molar-refractivity contribution in [3.63, 3.8) is 0 Å². The Labute approximate surface area is 233 Å². The van der Waals surface area contributed by atoms with Gasteiger partial charge < -0.3 is 3.87 Å². The average Bonchev–Trinajstić information content (AvgIpc) is 2.81. The van der Waals surface area contributed by atoms with E-state index in [1.807, 2.05) is 60.7 Å². The van der Waals surface area contributed by atoms with Crippen molar-refractivity contribution in [3.8, 4) is 0 Å². The van der Waals surface area contributed by atoms with Crippen LogP contribution in [-0.2, 0) is 14.0 Å². The predicted octanol–water partition coefficient (Wildman–Crippen LogP) is 5.80. The Hall–Kier alpha value is -0.342. The van der Waals surface area contributed by atoms with Gasteiger partial charge in [0.25, 0.3) is 7.83 Å². The van der Waals surface area contributed by atoms with Gasteiger partial charge in [-0.1, -0.05) is 133 Å². The monoisotopic (exact) mass is 664 g/mol. The lowest BCUT2D eigenvalue weighted by Gasteiger charge is -2.75. The van der Waals surface area contributed by atoms with Crippen molar-refractivity contribution in [2.45, 2.75) is 77.5 Å². The van der Waals surface area contributed by atoms with Gasteiger partial charge in [-0.2, -0.15) is 21.6 Å². The van der Waals surface area contributed by atoms with Gasteiger partial charge in [0.1, 0.15) is 0 Å². The van der Waals surface area contributed by atoms with E-state index in [0.29, 0.717) is 10.4 Å². The summed E-state index contributed by atoms with van der Waals surface area (Å²) in [5, 5.41) is 1.37. The van der Waals surface area contributed by atoms with Crippen molar-refractivity contribution in [3.05, 3.63) is 60.7 Å². The molecule has 0 radical (unpaired) electrons. The lowest BCUT2D eigenvalue weighted by atomic mass is 10.4. The SMILES string of the molecule is C[Si]1(C)[Si](C)(C)[Si](C)(C)[Si](C)([Si](OS(=O)(=O)C(F)(F)F)(c2ccccc2)c2ccccc2)[Si](C)(C)[Si]1(C)C. The van der Waals surface area contributed by atoms with Gasteiger partial charge in [0.2, 0.25) is 0 Å². The van der Waals surface area contributed by atoms with Gasteiger partial charge in [0, 0.05) is 35.5 Å². The fourth-order valence-corrected chi connectivity index (χ4v) is 316. The molecule has 1 aliphatic heterocycles. The molecule has 0 bridgehead atoms. The summed E-state index contributed by atoms with van der Waals surface area (Å²) in [7, 11) is -20.3. The largest absolute Gasteiger partial charge is 0.522 e. The summed E-state index contributed by atoms with van der Waals surface area (Å²) in [5.74, 6) is 0. The smallest absolute Gasteiger partial charge is 0.301 e. The third kappa shape index (κ3) is 3.84. The number of hydrogen-bond donors (Lipinski definition) is 0. The highest BCUT2D eigenvalue weighted by molar-refractivity contribution is 8.21. The minimum Gasteiger partial charge on any atom is -0.301 e. The van der Waals surface area contributed by atoms with Crippen LogP contribution in [0, 0.1) is 0 Å². The molecule has 1 saturated heterocycles. The van der Waals surface area contributed by atoms with Crippen LogP contribution < -0.4 is 10.4 Å². The second kappa shape index (κ2) is 9.34. The molecule has 0 saturated carbocycles. The molecule has 0 amide bonds. The van der Waals surface area contributed by atoms with Crippen LogP contribution in [0.5, 0.6) is 0 Å². The molecule has 1 fully saturated rings. The standard InChI is InChI=1S/C24H43F3O3SSi7/c1-32(2)33(3,4)35(7,8)37(11,36(9,10)34(32,5)6)38(22-18-14-12-15-19-22,23-20-16-13-17-21-23)30-31(28,29)24(25,26)27/h12-21H,1-11H3. The number of benzene rings is 2. The molecule has 0 unspecified atom stereocenters. The molecule has 0 aliphatic carbocycles. The van der Waals surface area contributed by atoms with Gasteiger partial charge in [0.15, 0.2) is 0 Å². The van der Waals surface area contributed by atoms with E-state index in [0.717, 1.165) is 0 Å². The minimum absolute atomic E-state index is 0.685. The maximum Gasteiger partial charge on any atom is 0.522 e. The first kappa shape index (κ1) is 32.2. The summed E-state index contributed by atoms with van der Waals surface area (Å²) >= 11 is 0. The molecule has 3 rings (SSSR count). The van der Waals surface area contributed by atoms with Crippen LogP contribution >= 0.6 is 0 Å². The van der Waals surface area contributed by atoms with Crippen LogP contribution in [0.2, 0.25) is 72.0 Å². The second-order valence-corrected chi connectivity index (χ2v) is 97.3. The van der Waals surface area contributed by atoms with Gasteiger partial charge in [-0.3, -0.25) is 0 Å². The Balaban J connectivity index is 2.70. The molecule has 14 heteroatoms. The zero-order valence-electron chi connectivity index (χ0n) is 24.5. The summed E-state index contributed by atoms with van der Waals surface area (Å²) in [5.41, 5.74) is -5.49. The Morgan fingerprint density at radius 3 is 1.16 bits per heavy atom. The van der Waals surface area contributed by atoms with Gasteiger partial charge in [0.05, 0.1) is 6.63 Å². The summed E-state index contributed by atoms with van der Waals surface area (Å²) in [6.07, 6.45) is 0. The molecular weight excluding hydrogens is 622 g/mol. The van der Waals surface area contributed by atoms with E-state index < -0.39 is 65.6 Å². The molecule has 2 aromatic rings. The molecule has 2 aromatic carbocycles. The van der Waals surface area contributed by atoms with E-state index in [9.17, 15) is 21.6 Å². The topological polar surface area (TPSA) is 43.4 Å². The van der Waals surface area contributed by atoms with Crippen LogP contribution in [0.3, 0.4) is 0 Å². The second-order valence-electron chi connectivity index (χ2n) is 13.6. The van der Waals surface area contributed by atoms with E-state index in [-0.39, 0.29) is 0 Å². The summed E-state index contributed by atoms with van der Waals surface area (Å²) in [6, 6.07) is 18.4. The van der Waals surface area contributed by atoms with E-state index in [4.69, 9.17) is 3.87 Å². The zero-order valence-corrected chi connectivity index (χ0v) is 32.4. The molecule has 1 heterocycles. The number of alkyl halides is 3. The van der Waals surface area contributed by atoms with Gasteiger partial charge in [-0.25, -0.2) is 0 Å². The predicted molar refractivity (Wildman–Crippen MR) is 173 cm³/mol. The Morgan fingerprint density at radius 1 is 0.579 bits per heavy atom. The highest BCUT2D eigenvalue weighted by atomic mass is 32.2. The third-order valence-electron chi connectivity index (χ3n) is 12.3. The summed E-state index contributed by atoms with van der Waals surface area (Å²) in [6.45, 7) is 24.4. The first-order valence-corrected chi connectivity index (χ1v) is 40.9. The third-order valence-corrected chi connectivity index (χ3v) is 196. The highest BCUT2D eigenvalue weighted by Gasteiger charge is 2.84. The lowest BCUT2D eigenvalue weighted by molar-refractivity contribution is -0.0501. The molecule has 0 N–H and O–H groups in total. The fourth-order valence-electron chi connectivity index (χ4n) is 7.74. The van der Waals surface area contributed by atoms with Crippen LogP contribution in [0.4, 0.5) is 13.2 Å². The van der Waals surface area contributed by atoms with Gasteiger partial charge in [-0.05, 0) is 10.4 Å². The summed E-state index contributed by atoms with van der Waals surface area (Å²) in [4.78, 5) is 0. The highest BCUT2D eigenvalue weighted by Crippen LogP contribution is 2.54. The lowest BCUT2D eigenvalue weighted by Crippen LogP contribution is -3.08. The first-order chi connectivity index (χ1) is 16.9. The minimum atomic E-state index is -5.86. The van der Waals surface area contributed by atoms with Crippen molar-refractivity contribution in [1.82, 2.24) is 0 Å². The Bertz CT molecular complexity index is 1230. The molecule has 212 valence electrons. The van der Waals surface area contributed by atoms with Crippen LogP contribution in [0.15, 0.2) is 60.7 Å². The van der Waals surface area contributed by atoms with Crippen LogP contribution in [-0.4, -0.2) is 63.9 Å². The molecular formula is C24H43F3O3SSi7. The van der Waals surface area contributed by atoms with Crippen LogP contribution in [0.1, 0.15) is 0 Å². The van der Waals surface area contributed by atoms with E-state index in [2.05, 4.69) is 72.0 Å². The fraction of sp³-hybridized carbons (Fsp3) is 0.500. The summed E-state index contributed by atoms with van der Waals surface area (Å²) < 4.78 is 75.4. The average molecular weight is 665 g/mol. The molecule has 3 nitrogen and oxygen atoms in total. The van der Waals surface area contributed by atoms with Crippen molar-refractivity contribution in [1.29, 1.82) is 0 Å².